The summed E-state index contributed by atoms with van der Waals surface area (Å²) in [7, 11) is -0.365. The summed E-state index contributed by atoms with van der Waals surface area (Å²) in [5.41, 5.74) is 6.65. The third-order valence-corrected chi connectivity index (χ3v) is 4.65. The summed E-state index contributed by atoms with van der Waals surface area (Å²) in [4.78, 5) is 4.49. The Kier molecular flexibility index (Phi) is 6.17. The zero-order valence-electron chi connectivity index (χ0n) is 13.0. The lowest BCUT2D eigenvalue weighted by molar-refractivity contribution is 0.520. The van der Waals surface area contributed by atoms with Crippen LogP contribution in [0.15, 0.2) is 34.2 Å². The first-order valence-corrected chi connectivity index (χ1v) is 8.22. The molecule has 118 valence electrons. The monoisotopic (exact) mass is 312 g/mol. The van der Waals surface area contributed by atoms with E-state index in [4.69, 9.17) is 5.73 Å². The Morgan fingerprint density at radius 2 is 1.86 bits per heavy atom. The Hall–Kier alpha value is -1.60. The minimum absolute atomic E-state index is 0.270. The van der Waals surface area contributed by atoms with E-state index in [2.05, 4.69) is 24.2 Å². The molecule has 0 bridgehead atoms. The molecule has 1 aromatic carbocycles. The second kappa shape index (κ2) is 7.42. The van der Waals surface area contributed by atoms with Crippen molar-refractivity contribution in [3.63, 3.8) is 0 Å². The molecule has 0 aliphatic carbocycles. The van der Waals surface area contributed by atoms with Gasteiger partial charge in [0.05, 0.1) is 11.4 Å². The van der Waals surface area contributed by atoms with Crippen molar-refractivity contribution in [3.05, 3.63) is 29.8 Å². The summed E-state index contributed by atoms with van der Waals surface area (Å²) in [5.74, 6) is 0.892. The largest absolute Gasteiger partial charge is 0.370 e. The van der Waals surface area contributed by atoms with E-state index in [1.165, 1.54) is 18.4 Å². The second-order valence-electron chi connectivity index (χ2n) is 5.41. The minimum atomic E-state index is -3.38. The van der Waals surface area contributed by atoms with E-state index in [-0.39, 0.29) is 4.90 Å². The number of benzene rings is 1. The van der Waals surface area contributed by atoms with Crippen molar-refractivity contribution in [3.8, 4) is 0 Å². The lowest BCUT2D eigenvalue weighted by Crippen LogP contribution is -2.34. The molecule has 0 aromatic heterocycles. The lowest BCUT2D eigenvalue weighted by Gasteiger charge is -2.11. The van der Waals surface area contributed by atoms with E-state index in [1.54, 1.807) is 24.3 Å². The quantitative estimate of drug-likeness (QED) is 0.606. The van der Waals surface area contributed by atoms with Gasteiger partial charge in [-0.25, -0.2) is 17.7 Å². The highest BCUT2D eigenvalue weighted by molar-refractivity contribution is 7.89. The van der Waals surface area contributed by atoms with Gasteiger partial charge in [-0.3, -0.25) is 0 Å². The molecule has 0 amide bonds. The number of sulfonamides is 1. The van der Waals surface area contributed by atoms with Gasteiger partial charge in [-0.1, -0.05) is 26.0 Å². The Labute approximate surface area is 127 Å². The molecule has 0 unspecified atom stereocenters. The number of guanidine groups is 1. The molecular formula is C14H24N4O2S. The van der Waals surface area contributed by atoms with Gasteiger partial charge in [0.25, 0.3) is 0 Å². The molecule has 3 N–H and O–H groups in total. The lowest BCUT2D eigenvalue weighted by atomic mass is 10.2. The molecule has 1 rings (SSSR count). The van der Waals surface area contributed by atoms with Gasteiger partial charge in [0.15, 0.2) is 5.96 Å². The van der Waals surface area contributed by atoms with Crippen molar-refractivity contribution in [2.24, 2.45) is 16.6 Å². The van der Waals surface area contributed by atoms with Gasteiger partial charge < -0.3 is 11.1 Å². The number of nitrogens with zero attached hydrogens (tertiary/aromatic N) is 2. The Morgan fingerprint density at radius 1 is 1.29 bits per heavy atom. The Balaban J connectivity index is 2.70. The average molecular weight is 312 g/mol. The van der Waals surface area contributed by atoms with Gasteiger partial charge >= 0.3 is 0 Å². The number of nitrogens with one attached hydrogen (secondary N) is 1. The van der Waals surface area contributed by atoms with E-state index in [0.29, 0.717) is 18.4 Å². The van der Waals surface area contributed by atoms with Gasteiger partial charge in [0.1, 0.15) is 0 Å². The fourth-order valence-corrected chi connectivity index (χ4v) is 2.42. The van der Waals surface area contributed by atoms with Crippen molar-refractivity contribution in [1.82, 2.24) is 9.62 Å². The van der Waals surface area contributed by atoms with E-state index >= 15 is 0 Å². The number of hydrogen-bond donors (Lipinski definition) is 2. The fraction of sp³-hybridized carbons (Fsp3) is 0.500. The Morgan fingerprint density at radius 3 is 2.33 bits per heavy atom. The zero-order chi connectivity index (χ0) is 16.0. The summed E-state index contributed by atoms with van der Waals surface area (Å²) in [6.45, 7) is 5.36. The standard InChI is InChI=1S/C14H24N4O2S/c1-11(2)9-16-14(15)17-10-12-5-7-13(8-6-12)21(19,20)18(3)4/h5-8,11H,9-10H2,1-4H3,(H3,15,16,17). The molecule has 0 aliphatic rings. The maximum atomic E-state index is 11.9. The van der Waals surface area contributed by atoms with Crippen LogP contribution in [0.4, 0.5) is 0 Å². The van der Waals surface area contributed by atoms with Crippen LogP contribution in [0, 0.1) is 5.92 Å². The summed E-state index contributed by atoms with van der Waals surface area (Å²) < 4.78 is 25.0. The van der Waals surface area contributed by atoms with Crippen molar-refractivity contribution in [2.75, 3.05) is 20.6 Å². The highest BCUT2D eigenvalue weighted by Gasteiger charge is 2.16. The number of aliphatic imine (C=N–C) groups is 1. The maximum Gasteiger partial charge on any atom is 0.242 e. The second-order valence-corrected chi connectivity index (χ2v) is 7.56. The number of rotatable bonds is 6. The van der Waals surface area contributed by atoms with Gasteiger partial charge in [-0.15, -0.1) is 0 Å². The molecule has 0 radical (unpaired) electrons. The van der Waals surface area contributed by atoms with Crippen LogP contribution in [0.2, 0.25) is 0 Å². The predicted octanol–water partition coefficient (Wildman–Crippen LogP) is 0.997. The molecule has 0 spiro atoms. The first-order valence-electron chi connectivity index (χ1n) is 6.78. The zero-order valence-corrected chi connectivity index (χ0v) is 13.8. The van der Waals surface area contributed by atoms with Gasteiger partial charge in [0, 0.05) is 20.6 Å². The molecule has 0 saturated heterocycles. The third kappa shape index (κ3) is 5.35. The predicted molar refractivity (Wildman–Crippen MR) is 85.5 cm³/mol. The molecule has 21 heavy (non-hydrogen) atoms. The van der Waals surface area contributed by atoms with E-state index in [1.807, 2.05) is 0 Å². The molecular weight excluding hydrogens is 288 g/mol. The summed E-state index contributed by atoms with van der Waals surface area (Å²) in [6, 6.07) is 6.65. The van der Waals surface area contributed by atoms with Crippen LogP contribution in [-0.2, 0) is 16.6 Å². The van der Waals surface area contributed by atoms with Crippen LogP contribution in [0.25, 0.3) is 0 Å². The number of nitrogens with two attached hydrogens (primary N) is 1. The maximum absolute atomic E-state index is 11.9. The fourth-order valence-electron chi connectivity index (χ4n) is 1.52. The Bertz CT molecular complexity index is 577. The normalized spacial score (nSPS) is 13.0. The van der Waals surface area contributed by atoms with Gasteiger partial charge in [-0.05, 0) is 23.6 Å². The molecule has 0 saturated carbocycles. The van der Waals surface area contributed by atoms with Crippen LogP contribution in [-0.4, -0.2) is 39.3 Å². The highest BCUT2D eigenvalue weighted by atomic mass is 32.2. The van der Waals surface area contributed by atoms with Crippen molar-refractivity contribution in [2.45, 2.75) is 25.3 Å². The first kappa shape index (κ1) is 17.5. The van der Waals surface area contributed by atoms with Crippen molar-refractivity contribution < 1.29 is 8.42 Å². The highest BCUT2D eigenvalue weighted by Crippen LogP contribution is 2.14. The minimum Gasteiger partial charge on any atom is -0.370 e. The third-order valence-electron chi connectivity index (χ3n) is 2.83. The van der Waals surface area contributed by atoms with Crippen LogP contribution in [0.1, 0.15) is 19.4 Å². The summed E-state index contributed by atoms with van der Waals surface area (Å²) >= 11 is 0. The topological polar surface area (TPSA) is 87.8 Å². The smallest absolute Gasteiger partial charge is 0.242 e. The van der Waals surface area contributed by atoms with E-state index < -0.39 is 10.0 Å². The van der Waals surface area contributed by atoms with Crippen molar-refractivity contribution >= 4 is 16.0 Å². The molecule has 6 nitrogen and oxygen atoms in total. The molecule has 0 aliphatic heterocycles. The summed E-state index contributed by atoms with van der Waals surface area (Å²) in [5, 5.41) is 3.03. The molecule has 7 heteroatoms. The number of hydrogen-bond acceptors (Lipinski definition) is 3. The SMILES string of the molecule is CC(C)CNC(N)=NCc1ccc(S(=O)(=O)N(C)C)cc1. The van der Waals surface area contributed by atoms with Crippen molar-refractivity contribution in [1.29, 1.82) is 0 Å². The summed E-state index contributed by atoms with van der Waals surface area (Å²) in [6.07, 6.45) is 0. The van der Waals surface area contributed by atoms with Gasteiger partial charge in [0.2, 0.25) is 10.0 Å². The first-order chi connectivity index (χ1) is 9.73. The molecule has 0 heterocycles. The van der Waals surface area contributed by atoms with Crippen LogP contribution in [0.3, 0.4) is 0 Å². The van der Waals surface area contributed by atoms with E-state index in [9.17, 15) is 8.42 Å². The van der Waals surface area contributed by atoms with Crippen LogP contribution in [0.5, 0.6) is 0 Å². The van der Waals surface area contributed by atoms with Crippen LogP contribution < -0.4 is 11.1 Å². The van der Waals surface area contributed by atoms with E-state index in [0.717, 1.165) is 12.1 Å². The average Bonchev–Trinajstić information content (AvgIpc) is 2.43. The molecule has 0 atom stereocenters. The molecule has 1 aromatic rings. The van der Waals surface area contributed by atoms with Gasteiger partial charge in [-0.2, -0.15) is 0 Å². The van der Waals surface area contributed by atoms with Crippen LogP contribution >= 0.6 is 0 Å². The molecule has 0 fully saturated rings.